The Labute approximate surface area is 109 Å². The second-order valence-corrected chi connectivity index (χ2v) is 3.86. The first-order valence-corrected chi connectivity index (χ1v) is 5.20. The molecule has 1 aromatic carbocycles. The molecule has 0 saturated carbocycles. The van der Waals surface area contributed by atoms with E-state index >= 15 is 0 Å². The molecule has 0 bridgehead atoms. The summed E-state index contributed by atoms with van der Waals surface area (Å²) in [5.41, 5.74) is 4.97. The number of hydrogen-bond acceptors (Lipinski definition) is 3. The van der Waals surface area contributed by atoms with E-state index in [9.17, 15) is 17.6 Å². The zero-order valence-corrected chi connectivity index (χ0v) is 9.81. The van der Waals surface area contributed by atoms with Gasteiger partial charge in [-0.25, -0.2) is 13.2 Å². The molecule has 0 amide bonds. The highest BCUT2D eigenvalue weighted by molar-refractivity contribution is 6.32. The first-order valence-electron chi connectivity index (χ1n) is 4.82. The summed E-state index contributed by atoms with van der Waals surface area (Å²) in [6, 6.07) is 2.07. The van der Waals surface area contributed by atoms with Gasteiger partial charge in [0.05, 0.1) is 10.7 Å². The van der Waals surface area contributed by atoms with Gasteiger partial charge >= 0.3 is 0 Å². The number of nitrogens with zero attached hydrogens (tertiary/aromatic N) is 1. The molecule has 2 N–H and O–H groups in total. The third kappa shape index (κ3) is 2.70. The Morgan fingerprint density at radius 3 is 2.37 bits per heavy atom. The van der Waals surface area contributed by atoms with Crippen LogP contribution in [0.1, 0.15) is 0 Å². The standard InChI is InChI=1S/C11H5ClF4N2O/c12-4-1-5(13)8(17)3-9(4)19-11-7(15)2-6(14)10(16)18-11/h1-3H,17H2. The zero-order valence-electron chi connectivity index (χ0n) is 9.05. The molecule has 2 rings (SSSR count). The van der Waals surface area contributed by atoms with E-state index in [-0.39, 0.29) is 22.5 Å². The van der Waals surface area contributed by atoms with Crippen molar-refractivity contribution in [3.8, 4) is 11.6 Å². The van der Waals surface area contributed by atoms with Crippen molar-refractivity contribution in [1.29, 1.82) is 0 Å². The highest BCUT2D eigenvalue weighted by atomic mass is 35.5. The van der Waals surface area contributed by atoms with Gasteiger partial charge in [0, 0.05) is 12.1 Å². The molecular formula is C11H5ClF4N2O. The highest BCUT2D eigenvalue weighted by Crippen LogP contribution is 2.33. The Morgan fingerprint density at radius 2 is 1.68 bits per heavy atom. The van der Waals surface area contributed by atoms with Crippen molar-refractivity contribution >= 4 is 17.3 Å². The summed E-state index contributed by atoms with van der Waals surface area (Å²) in [4.78, 5) is 2.93. The van der Waals surface area contributed by atoms with Crippen molar-refractivity contribution in [2.24, 2.45) is 0 Å². The summed E-state index contributed by atoms with van der Waals surface area (Å²) in [6.07, 6.45) is 0. The smallest absolute Gasteiger partial charge is 0.258 e. The lowest BCUT2D eigenvalue weighted by Gasteiger charge is -2.09. The number of nitrogen functional groups attached to an aromatic ring is 1. The number of halogens is 5. The van der Waals surface area contributed by atoms with Crippen LogP contribution in [-0.4, -0.2) is 4.98 Å². The van der Waals surface area contributed by atoms with Crippen molar-refractivity contribution in [3.63, 3.8) is 0 Å². The molecule has 0 fully saturated rings. The average Bonchev–Trinajstić information content (AvgIpc) is 2.32. The van der Waals surface area contributed by atoms with E-state index in [1.807, 2.05) is 0 Å². The summed E-state index contributed by atoms with van der Waals surface area (Å²) in [5, 5.41) is -0.224. The molecule has 19 heavy (non-hydrogen) atoms. The van der Waals surface area contributed by atoms with Crippen LogP contribution in [0.25, 0.3) is 0 Å². The van der Waals surface area contributed by atoms with Crippen LogP contribution in [0.4, 0.5) is 23.2 Å². The Hall–Kier alpha value is -2.02. The largest absolute Gasteiger partial charge is 0.435 e. The quantitative estimate of drug-likeness (QED) is 0.522. The van der Waals surface area contributed by atoms with Crippen LogP contribution in [0.15, 0.2) is 18.2 Å². The van der Waals surface area contributed by atoms with Crippen LogP contribution in [0.5, 0.6) is 11.6 Å². The molecule has 2 aromatic rings. The fourth-order valence-electron chi connectivity index (χ4n) is 1.23. The molecule has 1 aromatic heterocycles. The monoisotopic (exact) mass is 292 g/mol. The van der Waals surface area contributed by atoms with Gasteiger partial charge in [0.25, 0.3) is 11.8 Å². The number of anilines is 1. The van der Waals surface area contributed by atoms with Crippen LogP contribution in [-0.2, 0) is 0 Å². The number of benzene rings is 1. The van der Waals surface area contributed by atoms with Gasteiger partial charge in [0.2, 0.25) is 0 Å². The number of nitrogens with two attached hydrogens (primary N) is 1. The molecule has 100 valence electrons. The normalized spacial score (nSPS) is 10.6. The fourth-order valence-corrected chi connectivity index (χ4v) is 1.42. The Bertz CT molecular complexity index is 596. The SMILES string of the molecule is Nc1cc(Oc2nc(F)c(F)cc2F)c(Cl)cc1F. The van der Waals surface area contributed by atoms with E-state index in [4.69, 9.17) is 22.1 Å². The van der Waals surface area contributed by atoms with Crippen molar-refractivity contribution < 1.29 is 22.3 Å². The number of pyridine rings is 1. The van der Waals surface area contributed by atoms with Crippen molar-refractivity contribution in [2.45, 2.75) is 0 Å². The van der Waals surface area contributed by atoms with Crippen molar-refractivity contribution in [3.05, 3.63) is 46.6 Å². The topological polar surface area (TPSA) is 48.1 Å². The van der Waals surface area contributed by atoms with Crippen LogP contribution in [0.3, 0.4) is 0 Å². The Balaban J connectivity index is 2.42. The molecule has 1 heterocycles. The molecule has 0 saturated heterocycles. The van der Waals surface area contributed by atoms with Crippen molar-refractivity contribution in [2.75, 3.05) is 5.73 Å². The first kappa shape index (κ1) is 13.4. The molecular weight excluding hydrogens is 288 g/mol. The summed E-state index contributed by atoms with van der Waals surface area (Å²) >= 11 is 5.64. The number of ether oxygens (including phenoxy) is 1. The maximum absolute atomic E-state index is 13.3. The maximum atomic E-state index is 13.3. The molecule has 0 radical (unpaired) electrons. The van der Waals surface area contributed by atoms with E-state index in [0.29, 0.717) is 0 Å². The van der Waals surface area contributed by atoms with Gasteiger partial charge in [-0.1, -0.05) is 11.6 Å². The zero-order chi connectivity index (χ0) is 14.2. The minimum Gasteiger partial charge on any atom is -0.435 e. The molecule has 0 aliphatic heterocycles. The first-order chi connectivity index (χ1) is 8.88. The van der Waals surface area contributed by atoms with E-state index in [2.05, 4.69) is 4.98 Å². The van der Waals surface area contributed by atoms with E-state index in [1.54, 1.807) is 0 Å². The molecule has 0 aliphatic carbocycles. The van der Waals surface area contributed by atoms with Crippen LogP contribution >= 0.6 is 11.6 Å². The van der Waals surface area contributed by atoms with Crippen LogP contribution in [0, 0.1) is 23.4 Å². The average molecular weight is 293 g/mol. The minimum atomic E-state index is -1.54. The maximum Gasteiger partial charge on any atom is 0.258 e. The van der Waals surface area contributed by atoms with Gasteiger partial charge in [-0.2, -0.15) is 9.37 Å². The molecule has 0 spiro atoms. The van der Waals surface area contributed by atoms with Crippen molar-refractivity contribution in [1.82, 2.24) is 4.98 Å². The highest BCUT2D eigenvalue weighted by Gasteiger charge is 2.16. The number of rotatable bonds is 2. The predicted octanol–water partition coefficient (Wildman–Crippen LogP) is 3.67. The van der Waals surface area contributed by atoms with E-state index in [0.717, 1.165) is 12.1 Å². The lowest BCUT2D eigenvalue weighted by molar-refractivity contribution is 0.387. The molecule has 0 unspecified atom stereocenters. The predicted molar refractivity (Wildman–Crippen MR) is 60.0 cm³/mol. The lowest BCUT2D eigenvalue weighted by atomic mass is 10.3. The minimum absolute atomic E-state index is 0.224. The fraction of sp³-hybridized carbons (Fsp3) is 0. The van der Waals surface area contributed by atoms with E-state index in [1.165, 1.54) is 0 Å². The Morgan fingerprint density at radius 1 is 1.00 bits per heavy atom. The van der Waals surface area contributed by atoms with Crippen LogP contribution < -0.4 is 10.5 Å². The molecule has 0 atom stereocenters. The third-order valence-electron chi connectivity index (χ3n) is 2.11. The number of hydrogen-bond donors (Lipinski definition) is 1. The number of aromatic nitrogens is 1. The second-order valence-electron chi connectivity index (χ2n) is 3.45. The summed E-state index contributed by atoms with van der Waals surface area (Å²) in [5.74, 6) is -6.11. The van der Waals surface area contributed by atoms with Crippen LogP contribution in [0.2, 0.25) is 5.02 Å². The summed E-state index contributed by atoms with van der Waals surface area (Å²) < 4.78 is 56.7. The van der Waals surface area contributed by atoms with Gasteiger partial charge in [-0.3, -0.25) is 0 Å². The molecule has 3 nitrogen and oxygen atoms in total. The molecule has 0 aliphatic rings. The summed E-state index contributed by atoms with van der Waals surface area (Å²) in [6.45, 7) is 0. The summed E-state index contributed by atoms with van der Waals surface area (Å²) in [7, 11) is 0. The van der Waals surface area contributed by atoms with Gasteiger partial charge in [-0.15, -0.1) is 0 Å². The van der Waals surface area contributed by atoms with Gasteiger partial charge < -0.3 is 10.5 Å². The van der Waals surface area contributed by atoms with Gasteiger partial charge in [-0.05, 0) is 6.07 Å². The van der Waals surface area contributed by atoms with Gasteiger partial charge in [0.15, 0.2) is 11.6 Å². The van der Waals surface area contributed by atoms with E-state index < -0.39 is 29.3 Å². The third-order valence-corrected chi connectivity index (χ3v) is 2.41. The Kier molecular flexibility index (Phi) is 3.48. The lowest BCUT2D eigenvalue weighted by Crippen LogP contribution is -1.99. The molecule has 8 heteroatoms. The van der Waals surface area contributed by atoms with Gasteiger partial charge in [0.1, 0.15) is 11.6 Å². The second kappa shape index (κ2) is 4.93.